The number of nitro groups is 1. The Morgan fingerprint density at radius 1 is 1.14 bits per heavy atom. The summed E-state index contributed by atoms with van der Waals surface area (Å²) in [5, 5.41) is 24.8. The van der Waals surface area contributed by atoms with Crippen LogP contribution in [-0.4, -0.2) is 44.1 Å². The molecule has 0 aliphatic rings. The Hall–Kier alpha value is -4.15. The van der Waals surface area contributed by atoms with Gasteiger partial charge in [0.05, 0.1) is 22.2 Å². The summed E-state index contributed by atoms with van der Waals surface area (Å²) >= 11 is 0. The molecule has 11 heteroatoms. The van der Waals surface area contributed by atoms with E-state index in [1.807, 2.05) is 37.3 Å². The number of benzene rings is 1. The lowest BCUT2D eigenvalue weighted by Gasteiger charge is -2.10. The van der Waals surface area contributed by atoms with Gasteiger partial charge in [0.2, 0.25) is 0 Å². The molecule has 1 aromatic carbocycles. The van der Waals surface area contributed by atoms with E-state index in [1.165, 1.54) is 17.1 Å². The zero-order valence-corrected chi connectivity index (χ0v) is 15.3. The molecular weight excluding hydrogens is 374 g/mol. The van der Waals surface area contributed by atoms with E-state index in [-0.39, 0.29) is 11.7 Å². The van der Waals surface area contributed by atoms with E-state index in [4.69, 9.17) is 0 Å². The van der Waals surface area contributed by atoms with Gasteiger partial charge in [-0.2, -0.15) is 10.2 Å². The van der Waals surface area contributed by atoms with Crippen molar-refractivity contribution in [1.29, 1.82) is 0 Å². The highest BCUT2D eigenvalue weighted by Crippen LogP contribution is 2.24. The van der Waals surface area contributed by atoms with Gasteiger partial charge in [0.25, 0.3) is 0 Å². The molecule has 4 heterocycles. The van der Waals surface area contributed by atoms with Crippen LogP contribution in [0.15, 0.2) is 55.2 Å². The van der Waals surface area contributed by atoms with E-state index in [1.54, 1.807) is 21.7 Å². The lowest BCUT2D eigenvalue weighted by atomic mass is 10.2. The number of nitrogens with zero attached hydrogens (tertiary/aromatic N) is 9. The molecule has 0 fully saturated rings. The highest BCUT2D eigenvalue weighted by Gasteiger charge is 2.22. The van der Waals surface area contributed by atoms with Crippen LogP contribution < -0.4 is 0 Å². The molecule has 29 heavy (non-hydrogen) atoms. The second-order valence-corrected chi connectivity index (χ2v) is 6.47. The Morgan fingerprint density at radius 3 is 2.69 bits per heavy atom. The Bertz CT molecular complexity index is 1340. The molecule has 0 amide bonds. The summed E-state index contributed by atoms with van der Waals surface area (Å²) in [6.45, 7) is 1.95. The van der Waals surface area contributed by atoms with Crippen molar-refractivity contribution in [3.8, 4) is 5.69 Å². The predicted molar refractivity (Wildman–Crippen MR) is 103 cm³/mol. The fourth-order valence-corrected chi connectivity index (χ4v) is 3.32. The molecule has 0 aliphatic carbocycles. The van der Waals surface area contributed by atoms with Crippen molar-refractivity contribution in [3.05, 3.63) is 71.2 Å². The first-order valence-corrected chi connectivity index (χ1v) is 8.98. The summed E-state index contributed by atoms with van der Waals surface area (Å²) < 4.78 is 4.86. The molecular formula is C18H15N9O2. The summed E-state index contributed by atoms with van der Waals surface area (Å²) in [7, 11) is 0. The normalized spacial score (nSPS) is 12.6. The zero-order valence-electron chi connectivity index (χ0n) is 15.3. The topological polar surface area (TPSA) is 122 Å². The molecule has 5 aromatic rings. The first kappa shape index (κ1) is 17.0. The molecule has 1 atom stereocenters. The van der Waals surface area contributed by atoms with Crippen LogP contribution in [0, 0.1) is 10.1 Å². The van der Waals surface area contributed by atoms with Crippen molar-refractivity contribution in [2.45, 2.75) is 19.4 Å². The number of para-hydroxylation sites is 1. The van der Waals surface area contributed by atoms with E-state index in [0.717, 1.165) is 11.1 Å². The maximum Gasteiger partial charge on any atom is 0.307 e. The Labute approximate surface area is 163 Å². The molecule has 5 rings (SSSR count). The maximum absolute atomic E-state index is 11.0. The fraction of sp³-hybridized carbons (Fsp3) is 0.167. The maximum atomic E-state index is 11.0. The molecule has 144 valence electrons. The standard InChI is InChI=1S/C18H15N9O2/c1-2-15(24-10-13(8-20-24)27(28)29)16-22-18-14-9-21-26(12-6-4-3-5-7-12)17(14)19-11-25(18)23-16/h3-11,15H,2H2,1H3/t15-/m1/s1. The molecule has 0 spiro atoms. The van der Waals surface area contributed by atoms with Crippen molar-refractivity contribution >= 4 is 22.4 Å². The zero-order chi connectivity index (χ0) is 20.0. The number of hydrogen-bond acceptors (Lipinski definition) is 7. The molecule has 0 radical (unpaired) electrons. The van der Waals surface area contributed by atoms with Gasteiger partial charge in [-0.25, -0.2) is 19.2 Å². The quantitative estimate of drug-likeness (QED) is 0.334. The fourth-order valence-electron chi connectivity index (χ4n) is 3.32. The van der Waals surface area contributed by atoms with Crippen molar-refractivity contribution in [2.24, 2.45) is 0 Å². The molecule has 0 saturated carbocycles. The third kappa shape index (κ3) is 2.71. The van der Waals surface area contributed by atoms with E-state index in [2.05, 4.69) is 25.3 Å². The van der Waals surface area contributed by atoms with Crippen molar-refractivity contribution < 1.29 is 4.92 Å². The minimum atomic E-state index is -0.473. The van der Waals surface area contributed by atoms with Gasteiger partial charge in [-0.15, -0.1) is 5.10 Å². The smallest absolute Gasteiger partial charge is 0.258 e. The van der Waals surface area contributed by atoms with Crippen LogP contribution in [0.3, 0.4) is 0 Å². The predicted octanol–water partition coefficient (Wildman–Crippen LogP) is 2.57. The van der Waals surface area contributed by atoms with Gasteiger partial charge in [0.15, 0.2) is 17.1 Å². The third-order valence-electron chi connectivity index (χ3n) is 4.73. The Kier molecular flexibility index (Phi) is 3.79. The van der Waals surface area contributed by atoms with Gasteiger partial charge < -0.3 is 0 Å². The molecule has 0 N–H and O–H groups in total. The van der Waals surface area contributed by atoms with Crippen LogP contribution in [0.4, 0.5) is 5.69 Å². The Balaban J connectivity index is 1.61. The van der Waals surface area contributed by atoms with Crippen LogP contribution in [-0.2, 0) is 0 Å². The van der Waals surface area contributed by atoms with Gasteiger partial charge in [0, 0.05) is 0 Å². The summed E-state index contributed by atoms with van der Waals surface area (Å²) in [6, 6.07) is 9.38. The van der Waals surface area contributed by atoms with Crippen LogP contribution in [0.2, 0.25) is 0 Å². The average molecular weight is 389 g/mol. The number of hydrogen-bond donors (Lipinski definition) is 0. The first-order valence-electron chi connectivity index (χ1n) is 8.98. The monoisotopic (exact) mass is 389 g/mol. The highest BCUT2D eigenvalue weighted by atomic mass is 16.6. The van der Waals surface area contributed by atoms with Crippen molar-refractivity contribution in [2.75, 3.05) is 0 Å². The molecule has 0 aliphatic heterocycles. The van der Waals surface area contributed by atoms with E-state index in [9.17, 15) is 10.1 Å². The molecule has 0 bridgehead atoms. The molecule has 0 unspecified atom stereocenters. The highest BCUT2D eigenvalue weighted by molar-refractivity contribution is 5.89. The first-order chi connectivity index (χ1) is 14.2. The van der Waals surface area contributed by atoms with Gasteiger partial charge in [-0.3, -0.25) is 14.8 Å². The van der Waals surface area contributed by atoms with Crippen LogP contribution >= 0.6 is 0 Å². The van der Waals surface area contributed by atoms with Crippen molar-refractivity contribution in [1.82, 2.24) is 39.1 Å². The van der Waals surface area contributed by atoms with Gasteiger partial charge in [0.1, 0.15) is 24.8 Å². The third-order valence-corrected chi connectivity index (χ3v) is 4.73. The summed E-state index contributed by atoms with van der Waals surface area (Å²) in [6.07, 6.45) is 6.54. The van der Waals surface area contributed by atoms with E-state index in [0.29, 0.717) is 23.5 Å². The van der Waals surface area contributed by atoms with Gasteiger partial charge >= 0.3 is 5.69 Å². The number of fused-ring (bicyclic) bond motifs is 3. The lowest BCUT2D eigenvalue weighted by Crippen LogP contribution is -2.12. The van der Waals surface area contributed by atoms with Crippen molar-refractivity contribution in [3.63, 3.8) is 0 Å². The minimum absolute atomic E-state index is 0.0691. The summed E-state index contributed by atoms with van der Waals surface area (Å²) in [5.74, 6) is 0.507. The number of rotatable bonds is 5. The van der Waals surface area contributed by atoms with Crippen LogP contribution in [0.1, 0.15) is 25.2 Å². The molecule has 4 aromatic heterocycles. The molecule has 0 saturated heterocycles. The van der Waals surface area contributed by atoms with Gasteiger partial charge in [-0.05, 0) is 18.6 Å². The summed E-state index contributed by atoms with van der Waals surface area (Å²) in [5.41, 5.74) is 2.12. The number of aromatic nitrogens is 8. The summed E-state index contributed by atoms with van der Waals surface area (Å²) in [4.78, 5) is 19.7. The van der Waals surface area contributed by atoms with Crippen LogP contribution in [0.5, 0.6) is 0 Å². The second kappa shape index (κ2) is 6.48. The molecule has 11 nitrogen and oxygen atoms in total. The average Bonchev–Trinajstić information content (AvgIpc) is 3.46. The lowest BCUT2D eigenvalue weighted by molar-refractivity contribution is -0.385. The minimum Gasteiger partial charge on any atom is -0.258 e. The SMILES string of the molecule is CC[C@H](c1nc2c3cnn(-c4ccccc4)c3ncn2n1)n1cc([N+](=O)[O-])cn1. The Morgan fingerprint density at radius 2 is 1.97 bits per heavy atom. The largest absolute Gasteiger partial charge is 0.307 e. The van der Waals surface area contributed by atoms with Crippen LogP contribution in [0.25, 0.3) is 22.4 Å². The van der Waals surface area contributed by atoms with E-state index < -0.39 is 4.92 Å². The van der Waals surface area contributed by atoms with Gasteiger partial charge in [-0.1, -0.05) is 25.1 Å². The van der Waals surface area contributed by atoms with E-state index >= 15 is 0 Å². The second-order valence-electron chi connectivity index (χ2n) is 6.47.